The molecule has 0 aliphatic heterocycles. The summed E-state index contributed by atoms with van der Waals surface area (Å²) in [5.74, 6) is -0.497. The second-order valence-corrected chi connectivity index (χ2v) is 11.5. The van der Waals surface area contributed by atoms with Crippen molar-refractivity contribution < 1.29 is 17.9 Å². The SMILES string of the molecule is C=C(/C=C(C)\C(=C/C)n1cc(C(C)(C)O)nc1C1CC=CC(F)=C1Cl)c1cccc(S(C)(=O)=O)c1. The van der Waals surface area contributed by atoms with Crippen molar-refractivity contribution in [2.24, 2.45) is 0 Å². The molecule has 0 bridgehead atoms. The van der Waals surface area contributed by atoms with Gasteiger partial charge in [0.2, 0.25) is 0 Å². The third-order valence-corrected chi connectivity index (χ3v) is 7.36. The van der Waals surface area contributed by atoms with Crippen LogP contribution in [0.5, 0.6) is 0 Å². The first-order valence-corrected chi connectivity index (χ1v) is 13.4. The van der Waals surface area contributed by atoms with E-state index in [1.807, 2.05) is 30.6 Å². The average molecular weight is 517 g/mol. The smallest absolute Gasteiger partial charge is 0.175 e. The molecule has 2 aromatic rings. The zero-order chi connectivity index (χ0) is 26.1. The zero-order valence-corrected chi connectivity index (χ0v) is 22.1. The molecule has 8 heteroatoms. The molecule has 1 heterocycles. The van der Waals surface area contributed by atoms with E-state index in [1.165, 1.54) is 6.08 Å². The molecule has 1 aliphatic rings. The Kier molecular flexibility index (Phi) is 7.74. The molecule has 35 heavy (non-hydrogen) atoms. The number of halogens is 2. The lowest BCUT2D eigenvalue weighted by molar-refractivity contribution is 0.0741. The molecule has 0 saturated carbocycles. The Hall–Kier alpha value is -2.74. The van der Waals surface area contributed by atoms with Crippen LogP contribution in [0.4, 0.5) is 4.39 Å². The van der Waals surface area contributed by atoms with Crippen molar-refractivity contribution in [3.63, 3.8) is 0 Å². The first-order valence-electron chi connectivity index (χ1n) is 11.1. The van der Waals surface area contributed by atoms with Crippen LogP contribution in [0, 0.1) is 0 Å². The normalized spacial score (nSPS) is 17.8. The number of rotatable bonds is 7. The van der Waals surface area contributed by atoms with Crippen LogP contribution in [0.1, 0.15) is 57.1 Å². The van der Waals surface area contributed by atoms with Gasteiger partial charge in [0.25, 0.3) is 0 Å². The number of benzene rings is 1. The van der Waals surface area contributed by atoms with Crippen molar-refractivity contribution in [2.45, 2.75) is 50.5 Å². The Balaban J connectivity index is 2.08. The fourth-order valence-corrected chi connectivity index (χ4v) is 4.82. The molecule has 0 radical (unpaired) electrons. The van der Waals surface area contributed by atoms with Crippen LogP contribution >= 0.6 is 11.6 Å². The highest BCUT2D eigenvalue weighted by Crippen LogP contribution is 2.39. The molecule has 1 aromatic heterocycles. The first kappa shape index (κ1) is 26.9. The molecule has 1 aliphatic carbocycles. The molecule has 1 aromatic carbocycles. The molecule has 0 saturated heterocycles. The van der Waals surface area contributed by atoms with E-state index >= 15 is 0 Å². The molecule has 0 spiro atoms. The predicted molar refractivity (Wildman–Crippen MR) is 140 cm³/mol. The maximum atomic E-state index is 14.3. The molecular formula is C27H30ClFN2O3S. The maximum absolute atomic E-state index is 14.3. The number of hydrogen-bond acceptors (Lipinski definition) is 4. The number of imidazole rings is 1. The zero-order valence-electron chi connectivity index (χ0n) is 20.5. The summed E-state index contributed by atoms with van der Waals surface area (Å²) in [4.78, 5) is 4.87. The number of aliphatic hydroxyl groups is 1. The van der Waals surface area contributed by atoms with E-state index in [-0.39, 0.29) is 9.93 Å². The minimum absolute atomic E-state index is 0.0701. The van der Waals surface area contributed by atoms with Crippen molar-refractivity contribution in [1.29, 1.82) is 0 Å². The lowest BCUT2D eigenvalue weighted by atomic mass is 9.98. The molecule has 1 unspecified atom stereocenters. The van der Waals surface area contributed by atoms with E-state index in [4.69, 9.17) is 11.6 Å². The van der Waals surface area contributed by atoms with Gasteiger partial charge in [-0.25, -0.2) is 17.8 Å². The van der Waals surface area contributed by atoms with Crippen LogP contribution in [-0.2, 0) is 15.4 Å². The largest absolute Gasteiger partial charge is 0.384 e. The summed E-state index contributed by atoms with van der Waals surface area (Å²) in [5.41, 5.74) is 2.08. The fourth-order valence-electron chi connectivity index (χ4n) is 3.91. The van der Waals surface area contributed by atoms with Gasteiger partial charge in [-0.15, -0.1) is 0 Å². The van der Waals surface area contributed by atoms with Crippen LogP contribution in [0.25, 0.3) is 11.3 Å². The van der Waals surface area contributed by atoms with Crippen LogP contribution in [0.2, 0.25) is 0 Å². The van der Waals surface area contributed by atoms with E-state index in [2.05, 4.69) is 11.6 Å². The lowest BCUT2D eigenvalue weighted by Crippen LogP contribution is -2.16. The topological polar surface area (TPSA) is 72.2 Å². The van der Waals surface area contributed by atoms with Crippen molar-refractivity contribution in [3.05, 3.63) is 94.9 Å². The highest BCUT2D eigenvalue weighted by atomic mass is 35.5. The Bertz CT molecular complexity index is 1390. The van der Waals surface area contributed by atoms with Gasteiger partial charge < -0.3 is 9.67 Å². The number of sulfone groups is 1. The Morgan fingerprint density at radius 3 is 2.66 bits per heavy atom. The highest BCUT2D eigenvalue weighted by molar-refractivity contribution is 7.90. The average Bonchev–Trinajstić information content (AvgIpc) is 3.21. The summed E-state index contributed by atoms with van der Waals surface area (Å²) >= 11 is 6.35. The third kappa shape index (κ3) is 5.92. The fraction of sp³-hybridized carbons (Fsp3) is 0.296. The van der Waals surface area contributed by atoms with Gasteiger partial charge in [0.15, 0.2) is 9.84 Å². The quantitative estimate of drug-likeness (QED) is 0.426. The van der Waals surface area contributed by atoms with E-state index in [1.54, 1.807) is 50.4 Å². The van der Waals surface area contributed by atoms with Crippen molar-refractivity contribution in [2.75, 3.05) is 6.26 Å². The Labute approximate surface area is 211 Å². The molecule has 1 atom stereocenters. The maximum Gasteiger partial charge on any atom is 0.175 e. The van der Waals surface area contributed by atoms with Crippen LogP contribution in [-0.4, -0.2) is 29.3 Å². The molecular weight excluding hydrogens is 487 g/mol. The summed E-state index contributed by atoms with van der Waals surface area (Å²) in [7, 11) is -3.35. The van der Waals surface area contributed by atoms with Gasteiger partial charge in [-0.05, 0) is 75.1 Å². The number of nitrogens with zero attached hydrogens (tertiary/aromatic N) is 2. The first-order chi connectivity index (χ1) is 16.2. The lowest BCUT2D eigenvalue weighted by Gasteiger charge is -2.21. The van der Waals surface area contributed by atoms with Gasteiger partial charge in [0.05, 0.1) is 21.5 Å². The summed E-state index contributed by atoms with van der Waals surface area (Å²) in [6, 6.07) is 6.62. The van der Waals surface area contributed by atoms with Crippen LogP contribution in [0.3, 0.4) is 0 Å². The number of aromatic nitrogens is 2. The summed E-state index contributed by atoms with van der Waals surface area (Å²) in [6.07, 6.45) is 10.2. The van der Waals surface area contributed by atoms with E-state index < -0.39 is 27.2 Å². The monoisotopic (exact) mass is 516 g/mol. The minimum atomic E-state index is -3.35. The molecule has 0 amide bonds. The van der Waals surface area contributed by atoms with Crippen molar-refractivity contribution >= 4 is 32.7 Å². The Morgan fingerprint density at radius 1 is 1.37 bits per heavy atom. The molecule has 3 rings (SSSR count). The van der Waals surface area contributed by atoms with Crippen molar-refractivity contribution in [1.82, 2.24) is 9.55 Å². The predicted octanol–water partition coefficient (Wildman–Crippen LogP) is 6.50. The number of allylic oxidation sites excluding steroid dienone is 9. The Morgan fingerprint density at radius 2 is 2.06 bits per heavy atom. The van der Waals surface area contributed by atoms with Gasteiger partial charge in [-0.1, -0.05) is 42.5 Å². The standard InChI is InChI=1S/C27H30ClFN2O3S/c1-7-23(18(3)14-17(2)19-10-8-11-20(15-19)35(6,33)34)31-16-24(27(4,5)32)30-26(31)21-12-9-13-22(29)25(21)28/h7-11,13-16,21,32H,2,12H2,1,3-6H3/b18-14-,23-7+. The minimum Gasteiger partial charge on any atom is -0.384 e. The van der Waals surface area contributed by atoms with Gasteiger partial charge in [0, 0.05) is 18.1 Å². The van der Waals surface area contributed by atoms with Crippen LogP contribution < -0.4 is 0 Å². The second kappa shape index (κ2) is 10.1. The summed E-state index contributed by atoms with van der Waals surface area (Å²) in [6.45, 7) is 11.2. The molecule has 5 nitrogen and oxygen atoms in total. The summed E-state index contributed by atoms with van der Waals surface area (Å²) in [5, 5.41) is 10.7. The molecule has 186 valence electrons. The third-order valence-electron chi connectivity index (χ3n) is 5.80. The van der Waals surface area contributed by atoms with Gasteiger partial charge in [-0.2, -0.15) is 0 Å². The van der Waals surface area contributed by atoms with Gasteiger partial charge >= 0.3 is 0 Å². The van der Waals surface area contributed by atoms with Gasteiger partial charge in [-0.3, -0.25) is 0 Å². The second-order valence-electron chi connectivity index (χ2n) is 9.13. The number of hydrogen-bond donors (Lipinski definition) is 1. The van der Waals surface area contributed by atoms with E-state index in [0.29, 0.717) is 29.1 Å². The van der Waals surface area contributed by atoms with Gasteiger partial charge in [0.1, 0.15) is 17.3 Å². The van der Waals surface area contributed by atoms with E-state index in [0.717, 1.165) is 17.5 Å². The van der Waals surface area contributed by atoms with Crippen molar-refractivity contribution in [3.8, 4) is 0 Å². The molecule has 1 N–H and O–H groups in total. The summed E-state index contributed by atoms with van der Waals surface area (Å²) < 4.78 is 40.0. The highest BCUT2D eigenvalue weighted by Gasteiger charge is 2.30. The molecule has 0 fully saturated rings. The van der Waals surface area contributed by atoms with E-state index in [9.17, 15) is 17.9 Å². The van der Waals surface area contributed by atoms with Crippen LogP contribution in [0.15, 0.2) is 82.7 Å².